The van der Waals surface area contributed by atoms with Crippen molar-refractivity contribution in [2.24, 2.45) is 0 Å². The van der Waals surface area contributed by atoms with Crippen molar-refractivity contribution in [1.29, 1.82) is 0 Å². The standard InChI is InChI=1S/C54H34N2S/c1-3-15-35(16-4-1)36-17-13-18-37(33-36)41-31-32-49(54-53(41)45-23-9-12-28-51(45)57-54)56-46-25-10-7-21-42(46)43-30-29-38(34-50(43)56)40-24-14-27-48-52(40)44-22-8-11-26-47(44)55(48)39-19-5-2-6-20-39/h1-34H. The Morgan fingerprint density at radius 3 is 1.75 bits per heavy atom. The summed E-state index contributed by atoms with van der Waals surface area (Å²) in [4.78, 5) is 0. The van der Waals surface area contributed by atoms with Gasteiger partial charge in [0.2, 0.25) is 0 Å². The summed E-state index contributed by atoms with van der Waals surface area (Å²) >= 11 is 1.89. The second-order valence-electron chi connectivity index (χ2n) is 14.9. The summed E-state index contributed by atoms with van der Waals surface area (Å²) in [5, 5.41) is 7.63. The van der Waals surface area contributed by atoms with E-state index >= 15 is 0 Å². The molecule has 3 heteroatoms. The fourth-order valence-electron chi connectivity index (χ4n) is 9.24. The molecule has 3 aromatic heterocycles. The molecule has 0 spiro atoms. The molecule has 0 N–H and O–H groups in total. The molecule has 3 heterocycles. The molecule has 0 radical (unpaired) electrons. The van der Waals surface area contributed by atoms with Crippen molar-refractivity contribution in [2.45, 2.75) is 0 Å². The molecule has 12 rings (SSSR count). The normalized spacial score (nSPS) is 11.9. The first kappa shape index (κ1) is 32.1. The SMILES string of the molecule is c1ccc(-c2cccc(-c3ccc(-n4c5ccccc5c5ccc(-c6cccc7c6c6ccccc6n7-c6ccccc6)cc54)c4sc5ccccc5c34)c2)cc1. The topological polar surface area (TPSA) is 9.86 Å². The van der Waals surface area contributed by atoms with Gasteiger partial charge in [0.1, 0.15) is 0 Å². The minimum atomic E-state index is 1.17. The van der Waals surface area contributed by atoms with E-state index < -0.39 is 0 Å². The first-order valence-corrected chi connectivity index (χ1v) is 20.3. The first-order chi connectivity index (χ1) is 28.3. The number of nitrogens with zero attached hydrogens (tertiary/aromatic N) is 2. The van der Waals surface area contributed by atoms with E-state index in [1.54, 1.807) is 0 Å². The average molecular weight is 743 g/mol. The quantitative estimate of drug-likeness (QED) is 0.166. The predicted molar refractivity (Wildman–Crippen MR) is 244 cm³/mol. The molecule has 0 atom stereocenters. The van der Waals surface area contributed by atoms with Gasteiger partial charge < -0.3 is 9.13 Å². The van der Waals surface area contributed by atoms with Crippen molar-refractivity contribution in [3.05, 3.63) is 206 Å². The van der Waals surface area contributed by atoms with E-state index in [1.165, 1.54) is 109 Å². The lowest BCUT2D eigenvalue weighted by Gasteiger charge is -2.14. The number of aromatic nitrogens is 2. The van der Waals surface area contributed by atoms with E-state index in [0.717, 1.165) is 0 Å². The molecular formula is C54H34N2S. The number of benzene rings is 9. The Labute approximate surface area is 333 Å². The summed E-state index contributed by atoms with van der Waals surface area (Å²) in [7, 11) is 0. The van der Waals surface area contributed by atoms with Crippen LogP contribution < -0.4 is 0 Å². The molecule has 0 saturated carbocycles. The summed E-state index contributed by atoms with van der Waals surface area (Å²) < 4.78 is 7.51. The molecule has 0 bridgehead atoms. The van der Waals surface area contributed by atoms with Crippen LogP contribution in [0.4, 0.5) is 0 Å². The number of fused-ring (bicyclic) bond motifs is 9. The highest BCUT2D eigenvalue weighted by atomic mass is 32.1. The molecule has 2 nitrogen and oxygen atoms in total. The van der Waals surface area contributed by atoms with Gasteiger partial charge in [-0.05, 0) is 88.0 Å². The number of para-hydroxylation sites is 3. The van der Waals surface area contributed by atoms with Crippen molar-refractivity contribution in [2.75, 3.05) is 0 Å². The minimum Gasteiger partial charge on any atom is -0.309 e. The minimum absolute atomic E-state index is 1.17. The van der Waals surface area contributed by atoms with Crippen LogP contribution in [0, 0.1) is 0 Å². The van der Waals surface area contributed by atoms with Gasteiger partial charge in [0.15, 0.2) is 0 Å². The van der Waals surface area contributed by atoms with E-state index in [2.05, 4.69) is 215 Å². The lowest BCUT2D eigenvalue weighted by molar-refractivity contribution is 1.18. The smallest absolute Gasteiger partial charge is 0.0641 e. The lowest BCUT2D eigenvalue weighted by atomic mass is 9.95. The third-order valence-corrected chi connectivity index (χ3v) is 12.9. The van der Waals surface area contributed by atoms with Crippen molar-refractivity contribution >= 4 is 75.1 Å². The second kappa shape index (κ2) is 12.7. The van der Waals surface area contributed by atoms with Crippen molar-refractivity contribution in [1.82, 2.24) is 9.13 Å². The maximum absolute atomic E-state index is 2.52. The Bertz CT molecular complexity index is 3510. The Morgan fingerprint density at radius 1 is 0.316 bits per heavy atom. The molecular weight excluding hydrogens is 709 g/mol. The van der Waals surface area contributed by atoms with Crippen LogP contribution in [0.15, 0.2) is 206 Å². The monoisotopic (exact) mass is 742 g/mol. The summed E-state index contributed by atoms with van der Waals surface area (Å²) in [6.07, 6.45) is 0. The maximum Gasteiger partial charge on any atom is 0.0641 e. The molecule has 0 fully saturated rings. The van der Waals surface area contributed by atoms with Crippen LogP contribution in [0.25, 0.3) is 109 Å². The van der Waals surface area contributed by atoms with Gasteiger partial charge in [0.05, 0.1) is 32.5 Å². The first-order valence-electron chi connectivity index (χ1n) is 19.5. The Kier molecular flexibility index (Phi) is 7.13. The molecule has 0 unspecified atom stereocenters. The van der Waals surface area contributed by atoms with Crippen LogP contribution in [0.5, 0.6) is 0 Å². The zero-order chi connectivity index (χ0) is 37.5. The van der Waals surface area contributed by atoms with E-state index in [1.807, 2.05) is 11.3 Å². The Hall–Kier alpha value is -7.20. The summed E-state index contributed by atoms with van der Waals surface area (Å²) in [5.74, 6) is 0. The van der Waals surface area contributed by atoms with Crippen molar-refractivity contribution in [3.8, 4) is 44.8 Å². The van der Waals surface area contributed by atoms with E-state index in [0.29, 0.717) is 0 Å². The predicted octanol–water partition coefficient (Wildman–Crippen LogP) is 15.2. The number of rotatable bonds is 5. The number of hydrogen-bond donors (Lipinski definition) is 0. The van der Waals surface area contributed by atoms with Crippen molar-refractivity contribution < 1.29 is 0 Å². The van der Waals surface area contributed by atoms with Gasteiger partial charge in [-0.25, -0.2) is 0 Å². The van der Waals surface area contributed by atoms with Gasteiger partial charge in [0, 0.05) is 42.7 Å². The van der Waals surface area contributed by atoms with Crippen LogP contribution in [0.1, 0.15) is 0 Å². The van der Waals surface area contributed by atoms with Gasteiger partial charge in [-0.15, -0.1) is 11.3 Å². The summed E-state index contributed by atoms with van der Waals surface area (Å²) in [6, 6.07) is 75.6. The second-order valence-corrected chi connectivity index (χ2v) is 15.9. The van der Waals surface area contributed by atoms with Gasteiger partial charge in [-0.3, -0.25) is 0 Å². The highest BCUT2D eigenvalue weighted by Crippen LogP contribution is 2.46. The molecule has 12 aromatic rings. The van der Waals surface area contributed by atoms with Gasteiger partial charge in [-0.1, -0.05) is 152 Å². The maximum atomic E-state index is 2.52. The van der Waals surface area contributed by atoms with Crippen LogP contribution in [0.2, 0.25) is 0 Å². The Morgan fingerprint density at radius 2 is 0.912 bits per heavy atom. The van der Waals surface area contributed by atoms with Gasteiger partial charge >= 0.3 is 0 Å². The van der Waals surface area contributed by atoms with Crippen LogP contribution in [-0.4, -0.2) is 9.13 Å². The summed E-state index contributed by atoms with van der Waals surface area (Å²) in [5.41, 5.74) is 14.6. The van der Waals surface area contributed by atoms with Crippen LogP contribution >= 0.6 is 11.3 Å². The zero-order valence-electron chi connectivity index (χ0n) is 30.9. The lowest BCUT2D eigenvalue weighted by Crippen LogP contribution is -1.95. The highest BCUT2D eigenvalue weighted by molar-refractivity contribution is 7.26. The molecule has 9 aromatic carbocycles. The molecule has 0 aliphatic heterocycles. The van der Waals surface area contributed by atoms with Gasteiger partial charge in [-0.2, -0.15) is 0 Å². The zero-order valence-corrected chi connectivity index (χ0v) is 31.7. The highest BCUT2D eigenvalue weighted by Gasteiger charge is 2.21. The third-order valence-electron chi connectivity index (χ3n) is 11.7. The molecule has 0 aliphatic rings. The Balaban J connectivity index is 1.12. The van der Waals surface area contributed by atoms with Crippen molar-refractivity contribution in [3.63, 3.8) is 0 Å². The number of thiophene rings is 1. The van der Waals surface area contributed by atoms with E-state index in [4.69, 9.17) is 0 Å². The summed E-state index contributed by atoms with van der Waals surface area (Å²) in [6.45, 7) is 0. The van der Waals surface area contributed by atoms with E-state index in [9.17, 15) is 0 Å². The molecule has 0 saturated heterocycles. The third kappa shape index (κ3) is 4.89. The average Bonchev–Trinajstić information content (AvgIpc) is 3.95. The van der Waals surface area contributed by atoms with E-state index in [-0.39, 0.29) is 0 Å². The van der Waals surface area contributed by atoms with Gasteiger partial charge in [0.25, 0.3) is 0 Å². The number of hydrogen-bond acceptors (Lipinski definition) is 1. The molecule has 0 aliphatic carbocycles. The largest absolute Gasteiger partial charge is 0.309 e. The molecule has 57 heavy (non-hydrogen) atoms. The molecule has 266 valence electrons. The van der Waals surface area contributed by atoms with Crippen LogP contribution in [0.3, 0.4) is 0 Å². The fourth-order valence-corrected chi connectivity index (χ4v) is 10.5. The fraction of sp³-hybridized carbons (Fsp3) is 0. The van der Waals surface area contributed by atoms with Crippen LogP contribution in [-0.2, 0) is 0 Å². The molecule has 0 amide bonds.